The van der Waals surface area contributed by atoms with Crippen LogP contribution in [0.25, 0.3) is 0 Å². The third kappa shape index (κ3) is 6.96. The topological polar surface area (TPSA) is 105 Å². The number of anilines is 1. The molecule has 0 atom stereocenters. The number of halogens is 1. The molecule has 0 aromatic heterocycles. The van der Waals surface area contributed by atoms with Crippen LogP contribution in [0.15, 0.2) is 42.5 Å². The summed E-state index contributed by atoms with van der Waals surface area (Å²) in [6, 6.07) is 10.3. The summed E-state index contributed by atoms with van der Waals surface area (Å²) in [7, 11) is 0. The van der Waals surface area contributed by atoms with Crippen molar-refractivity contribution >= 4 is 23.2 Å². The fraction of sp³-hybridized carbons (Fsp3) is 0.300. The SMILES string of the molecule is CCN(CC(=O)NCc1ccc(F)cc1)CC(=O)Nc1ccc(C)cc1[N+](=O)[O-]. The van der Waals surface area contributed by atoms with Crippen LogP contribution in [0.2, 0.25) is 0 Å². The van der Waals surface area contributed by atoms with Crippen molar-refractivity contribution < 1.29 is 18.9 Å². The lowest BCUT2D eigenvalue weighted by Crippen LogP contribution is -2.40. The Hall–Kier alpha value is -3.33. The predicted molar refractivity (Wildman–Crippen MR) is 107 cm³/mol. The third-order valence-electron chi connectivity index (χ3n) is 4.21. The highest BCUT2D eigenvalue weighted by atomic mass is 19.1. The summed E-state index contributed by atoms with van der Waals surface area (Å²) in [6.07, 6.45) is 0. The number of likely N-dealkylation sites (N-methyl/N-ethyl adjacent to an activating group) is 1. The second-order valence-electron chi connectivity index (χ2n) is 6.53. The maximum atomic E-state index is 12.9. The minimum atomic E-state index is -0.552. The summed E-state index contributed by atoms with van der Waals surface area (Å²) in [6.45, 7) is 4.11. The highest BCUT2D eigenvalue weighted by molar-refractivity contribution is 5.94. The second kappa shape index (κ2) is 10.3. The van der Waals surface area contributed by atoms with Crippen molar-refractivity contribution in [3.63, 3.8) is 0 Å². The van der Waals surface area contributed by atoms with Gasteiger partial charge in [-0.15, -0.1) is 0 Å². The summed E-state index contributed by atoms with van der Waals surface area (Å²) in [4.78, 5) is 36.6. The number of nitro benzene ring substituents is 1. The highest BCUT2D eigenvalue weighted by Gasteiger charge is 2.18. The van der Waals surface area contributed by atoms with Crippen molar-refractivity contribution in [3.05, 3.63) is 69.5 Å². The number of nitro groups is 1. The average molecular weight is 402 g/mol. The fourth-order valence-corrected chi connectivity index (χ4v) is 2.63. The van der Waals surface area contributed by atoms with Gasteiger partial charge in [-0.3, -0.25) is 24.6 Å². The molecule has 2 rings (SSSR count). The lowest BCUT2D eigenvalue weighted by molar-refractivity contribution is -0.384. The number of benzene rings is 2. The molecule has 29 heavy (non-hydrogen) atoms. The monoisotopic (exact) mass is 402 g/mol. The fourth-order valence-electron chi connectivity index (χ4n) is 2.63. The van der Waals surface area contributed by atoms with Crippen molar-refractivity contribution in [1.29, 1.82) is 0 Å². The Bertz CT molecular complexity index is 887. The van der Waals surface area contributed by atoms with Gasteiger partial charge >= 0.3 is 0 Å². The van der Waals surface area contributed by atoms with E-state index in [-0.39, 0.29) is 42.7 Å². The van der Waals surface area contributed by atoms with Crippen LogP contribution in [-0.2, 0) is 16.1 Å². The van der Waals surface area contributed by atoms with Crippen molar-refractivity contribution in [2.75, 3.05) is 25.0 Å². The Labute approximate surface area is 167 Å². The molecule has 0 saturated carbocycles. The molecule has 2 aromatic carbocycles. The molecule has 0 heterocycles. The molecule has 154 valence electrons. The number of rotatable bonds is 9. The Kier molecular flexibility index (Phi) is 7.79. The number of hydrogen-bond acceptors (Lipinski definition) is 5. The van der Waals surface area contributed by atoms with Gasteiger partial charge in [0, 0.05) is 12.6 Å². The smallest absolute Gasteiger partial charge is 0.293 e. The Morgan fingerprint density at radius 2 is 1.76 bits per heavy atom. The van der Waals surface area contributed by atoms with Crippen LogP contribution in [-0.4, -0.2) is 41.3 Å². The molecule has 0 bridgehead atoms. The normalized spacial score (nSPS) is 10.6. The lowest BCUT2D eigenvalue weighted by atomic mass is 10.2. The van der Waals surface area contributed by atoms with Gasteiger partial charge in [-0.05, 0) is 42.8 Å². The number of hydrogen-bond donors (Lipinski definition) is 2. The summed E-state index contributed by atoms with van der Waals surface area (Å²) >= 11 is 0. The number of amides is 2. The molecule has 0 fully saturated rings. The Morgan fingerprint density at radius 3 is 2.38 bits per heavy atom. The molecular formula is C20H23FN4O4. The molecule has 0 spiro atoms. The molecule has 0 radical (unpaired) electrons. The molecule has 2 aromatic rings. The van der Waals surface area contributed by atoms with E-state index in [1.165, 1.54) is 24.3 Å². The van der Waals surface area contributed by atoms with E-state index in [1.54, 1.807) is 36.9 Å². The van der Waals surface area contributed by atoms with Gasteiger partial charge in [-0.1, -0.05) is 25.1 Å². The Morgan fingerprint density at radius 1 is 1.10 bits per heavy atom. The molecule has 0 aliphatic heterocycles. The van der Waals surface area contributed by atoms with Gasteiger partial charge in [0.25, 0.3) is 5.69 Å². The summed E-state index contributed by atoms with van der Waals surface area (Å²) in [5.74, 6) is -1.09. The maximum absolute atomic E-state index is 12.9. The zero-order valence-electron chi connectivity index (χ0n) is 16.3. The van der Waals surface area contributed by atoms with E-state index in [4.69, 9.17) is 0 Å². The first-order valence-electron chi connectivity index (χ1n) is 9.07. The maximum Gasteiger partial charge on any atom is 0.293 e. The largest absolute Gasteiger partial charge is 0.351 e. The van der Waals surface area contributed by atoms with Crippen molar-refractivity contribution in [2.24, 2.45) is 0 Å². The predicted octanol–water partition coefficient (Wildman–Crippen LogP) is 2.62. The van der Waals surface area contributed by atoms with Crippen LogP contribution < -0.4 is 10.6 Å². The Balaban J connectivity index is 1.88. The molecular weight excluding hydrogens is 379 g/mol. The van der Waals surface area contributed by atoms with Crippen molar-refractivity contribution in [1.82, 2.24) is 10.2 Å². The van der Waals surface area contributed by atoms with E-state index in [2.05, 4.69) is 10.6 Å². The molecule has 2 amide bonds. The molecule has 2 N–H and O–H groups in total. The summed E-state index contributed by atoms with van der Waals surface area (Å²) in [5.41, 5.74) is 1.40. The minimum Gasteiger partial charge on any atom is -0.351 e. The van der Waals surface area contributed by atoms with E-state index in [9.17, 15) is 24.1 Å². The molecule has 0 unspecified atom stereocenters. The van der Waals surface area contributed by atoms with Crippen LogP contribution in [0, 0.1) is 22.9 Å². The van der Waals surface area contributed by atoms with Gasteiger partial charge in [-0.25, -0.2) is 4.39 Å². The molecule has 9 heteroatoms. The first-order valence-corrected chi connectivity index (χ1v) is 9.07. The number of aryl methyl sites for hydroxylation is 1. The van der Waals surface area contributed by atoms with Crippen LogP contribution >= 0.6 is 0 Å². The first-order chi connectivity index (χ1) is 13.8. The van der Waals surface area contributed by atoms with E-state index >= 15 is 0 Å². The zero-order chi connectivity index (χ0) is 21.4. The van der Waals surface area contributed by atoms with Crippen LogP contribution in [0.5, 0.6) is 0 Å². The molecule has 0 saturated heterocycles. The van der Waals surface area contributed by atoms with E-state index in [0.717, 1.165) is 5.56 Å². The standard InChI is InChI=1S/C20H23FN4O4/c1-3-24(12-19(26)22-11-15-5-7-16(21)8-6-15)13-20(27)23-17-9-4-14(2)10-18(17)25(28)29/h4-10H,3,11-13H2,1-2H3,(H,22,26)(H,23,27). The minimum absolute atomic E-state index is 0.0128. The highest BCUT2D eigenvalue weighted by Crippen LogP contribution is 2.25. The zero-order valence-corrected chi connectivity index (χ0v) is 16.3. The van der Waals surface area contributed by atoms with Gasteiger partial charge in [0.2, 0.25) is 11.8 Å². The van der Waals surface area contributed by atoms with Gasteiger partial charge in [0.1, 0.15) is 11.5 Å². The lowest BCUT2D eigenvalue weighted by Gasteiger charge is -2.19. The van der Waals surface area contributed by atoms with Gasteiger partial charge < -0.3 is 10.6 Å². The summed E-state index contributed by atoms with van der Waals surface area (Å²) < 4.78 is 12.9. The third-order valence-corrected chi connectivity index (χ3v) is 4.21. The van der Waals surface area contributed by atoms with Gasteiger partial charge in [-0.2, -0.15) is 0 Å². The van der Waals surface area contributed by atoms with Gasteiger partial charge in [0.15, 0.2) is 0 Å². The molecule has 8 nitrogen and oxygen atoms in total. The van der Waals surface area contributed by atoms with Crippen LogP contribution in [0.1, 0.15) is 18.1 Å². The van der Waals surface area contributed by atoms with Crippen molar-refractivity contribution in [2.45, 2.75) is 20.4 Å². The number of nitrogens with zero attached hydrogens (tertiary/aromatic N) is 2. The molecule has 0 aliphatic rings. The van der Waals surface area contributed by atoms with Crippen LogP contribution in [0.4, 0.5) is 15.8 Å². The average Bonchev–Trinajstić information content (AvgIpc) is 2.68. The van der Waals surface area contributed by atoms with E-state index in [1.807, 2.05) is 0 Å². The first kappa shape index (κ1) is 22.0. The number of carbonyl (C=O) groups excluding carboxylic acids is 2. The van der Waals surface area contributed by atoms with Gasteiger partial charge in [0.05, 0.1) is 18.0 Å². The van der Waals surface area contributed by atoms with Crippen molar-refractivity contribution in [3.8, 4) is 0 Å². The second-order valence-corrected chi connectivity index (χ2v) is 6.53. The quantitative estimate of drug-likeness (QED) is 0.496. The van der Waals surface area contributed by atoms with E-state index < -0.39 is 10.8 Å². The summed E-state index contributed by atoms with van der Waals surface area (Å²) in [5, 5.41) is 16.4. The van der Waals surface area contributed by atoms with E-state index in [0.29, 0.717) is 12.1 Å². The number of nitrogens with one attached hydrogen (secondary N) is 2. The van der Waals surface area contributed by atoms with Crippen LogP contribution in [0.3, 0.4) is 0 Å². The number of carbonyl (C=O) groups is 2. The molecule has 0 aliphatic carbocycles.